The quantitative estimate of drug-likeness (QED) is 0.555. The average molecular weight is 386 g/mol. The third kappa shape index (κ3) is 3.54. The molecule has 2 aliphatic carbocycles. The maximum atomic E-state index is 14.8. The van der Waals surface area contributed by atoms with Gasteiger partial charge in [0, 0.05) is 5.39 Å². The molecule has 2 aromatic carbocycles. The van der Waals surface area contributed by atoms with Crippen molar-refractivity contribution in [1.29, 1.82) is 0 Å². The van der Waals surface area contributed by atoms with Crippen LogP contribution in [0.5, 0.6) is 0 Å². The molecule has 2 nitrogen and oxygen atoms in total. The van der Waals surface area contributed by atoms with Crippen molar-refractivity contribution >= 4 is 16.7 Å². The Balaban J connectivity index is 1.61. The summed E-state index contributed by atoms with van der Waals surface area (Å²) in [7, 11) is 1.19. The highest BCUT2D eigenvalue weighted by Gasteiger charge is 2.35. The summed E-state index contributed by atoms with van der Waals surface area (Å²) in [5.74, 6) is 0.916. The molecule has 2 fully saturated rings. The molecule has 0 spiro atoms. The fourth-order valence-corrected chi connectivity index (χ4v) is 5.52. The Hall–Kier alpha value is -1.97. The van der Waals surface area contributed by atoms with Crippen LogP contribution in [0.15, 0.2) is 24.3 Å². The standard InChI is InChI=1S/C24H28F2O2/c1-3-14-4-5-16-9-17(7-6-15(16)8-14)18-10-19-12-23(26)21(24(27)28-2)13-20(19)22(25)11-18/h10-17H,3-9H2,1-2H3/t14?,15-,16+,17?/m0/s1. The van der Waals surface area contributed by atoms with Crippen LogP contribution in [0.25, 0.3) is 10.8 Å². The fourth-order valence-electron chi connectivity index (χ4n) is 5.52. The summed E-state index contributed by atoms with van der Waals surface area (Å²) in [4.78, 5) is 11.7. The predicted octanol–water partition coefficient (Wildman–Crippen LogP) is 6.61. The third-order valence-corrected chi connectivity index (χ3v) is 7.19. The summed E-state index contributed by atoms with van der Waals surface area (Å²) >= 11 is 0. The van der Waals surface area contributed by atoms with Crippen molar-refractivity contribution in [3.05, 3.63) is 47.0 Å². The van der Waals surface area contributed by atoms with Crippen LogP contribution in [0.3, 0.4) is 0 Å². The van der Waals surface area contributed by atoms with Crippen molar-refractivity contribution in [2.24, 2.45) is 17.8 Å². The number of rotatable bonds is 3. The predicted molar refractivity (Wildman–Crippen MR) is 106 cm³/mol. The highest BCUT2D eigenvalue weighted by Crippen LogP contribution is 2.48. The number of hydrogen-bond acceptors (Lipinski definition) is 2. The Kier molecular flexibility index (Phi) is 5.39. The van der Waals surface area contributed by atoms with Gasteiger partial charge in [0.1, 0.15) is 11.6 Å². The van der Waals surface area contributed by atoms with Gasteiger partial charge < -0.3 is 4.74 Å². The van der Waals surface area contributed by atoms with E-state index < -0.39 is 17.6 Å². The number of ether oxygens (including phenoxy) is 1. The van der Waals surface area contributed by atoms with Crippen molar-refractivity contribution in [3.8, 4) is 0 Å². The van der Waals surface area contributed by atoms with Gasteiger partial charge in [-0.05, 0) is 84.9 Å². The summed E-state index contributed by atoms with van der Waals surface area (Å²) < 4.78 is 33.8. The van der Waals surface area contributed by atoms with E-state index in [1.807, 2.05) is 6.07 Å². The number of fused-ring (bicyclic) bond motifs is 2. The molecule has 0 heterocycles. The molecule has 4 atom stereocenters. The minimum absolute atomic E-state index is 0.227. The van der Waals surface area contributed by atoms with Crippen molar-refractivity contribution in [2.75, 3.05) is 7.11 Å². The Morgan fingerprint density at radius 2 is 1.75 bits per heavy atom. The van der Waals surface area contributed by atoms with E-state index in [2.05, 4.69) is 11.7 Å². The lowest BCUT2D eigenvalue weighted by Crippen LogP contribution is -2.30. The van der Waals surface area contributed by atoms with Crippen LogP contribution in [0.1, 0.15) is 73.7 Å². The Bertz CT molecular complexity index is 892. The molecular formula is C24H28F2O2. The van der Waals surface area contributed by atoms with Crippen LogP contribution in [-0.2, 0) is 4.74 Å². The molecule has 0 bridgehead atoms. The molecule has 4 heteroatoms. The van der Waals surface area contributed by atoms with E-state index in [-0.39, 0.29) is 10.9 Å². The van der Waals surface area contributed by atoms with Crippen molar-refractivity contribution in [3.63, 3.8) is 0 Å². The van der Waals surface area contributed by atoms with Crippen LogP contribution in [0.4, 0.5) is 8.78 Å². The van der Waals surface area contributed by atoms with Gasteiger partial charge in [0.05, 0.1) is 12.7 Å². The van der Waals surface area contributed by atoms with Crippen molar-refractivity contribution in [2.45, 2.75) is 57.8 Å². The first kappa shape index (κ1) is 19.4. The second-order valence-electron chi connectivity index (χ2n) is 8.66. The molecule has 2 aromatic rings. The second-order valence-corrected chi connectivity index (χ2v) is 8.66. The SMILES string of the molecule is CCC1CC[C@@H]2CC(c3cc(F)c4cc(C(=O)OC)c(F)cc4c3)CC[C@H]2C1. The van der Waals surface area contributed by atoms with Gasteiger partial charge in [0.2, 0.25) is 0 Å². The molecule has 0 radical (unpaired) electrons. The molecule has 0 N–H and O–H groups in total. The van der Waals surface area contributed by atoms with Gasteiger partial charge in [-0.25, -0.2) is 13.6 Å². The first-order valence-corrected chi connectivity index (χ1v) is 10.5. The van der Waals surface area contributed by atoms with Gasteiger partial charge in [-0.1, -0.05) is 25.8 Å². The highest BCUT2D eigenvalue weighted by molar-refractivity contribution is 5.96. The lowest BCUT2D eigenvalue weighted by molar-refractivity contribution is 0.0595. The van der Waals surface area contributed by atoms with E-state index in [0.29, 0.717) is 11.3 Å². The van der Waals surface area contributed by atoms with Gasteiger partial charge in [-0.2, -0.15) is 0 Å². The van der Waals surface area contributed by atoms with E-state index >= 15 is 0 Å². The average Bonchev–Trinajstić information content (AvgIpc) is 2.71. The number of halogens is 2. The molecule has 4 rings (SSSR count). The largest absolute Gasteiger partial charge is 0.465 e. The van der Waals surface area contributed by atoms with Crippen LogP contribution >= 0.6 is 0 Å². The first-order valence-electron chi connectivity index (χ1n) is 10.5. The second kappa shape index (κ2) is 7.81. The van der Waals surface area contributed by atoms with E-state index in [1.54, 1.807) is 6.07 Å². The Morgan fingerprint density at radius 1 is 1.00 bits per heavy atom. The summed E-state index contributed by atoms with van der Waals surface area (Å²) in [6, 6.07) is 6.01. The molecular weight excluding hydrogens is 358 g/mol. The lowest BCUT2D eigenvalue weighted by atomic mass is 9.63. The number of carbonyl (C=O) groups is 1. The van der Waals surface area contributed by atoms with Gasteiger partial charge in [-0.15, -0.1) is 0 Å². The molecule has 0 saturated heterocycles. The molecule has 0 amide bonds. The number of hydrogen-bond donors (Lipinski definition) is 0. The Morgan fingerprint density at radius 3 is 2.50 bits per heavy atom. The summed E-state index contributed by atoms with van der Waals surface area (Å²) in [5, 5.41) is 0.777. The number of carbonyl (C=O) groups excluding carboxylic acids is 1. The van der Waals surface area contributed by atoms with Crippen LogP contribution in [0.2, 0.25) is 0 Å². The minimum atomic E-state index is -0.788. The van der Waals surface area contributed by atoms with E-state index in [1.165, 1.54) is 51.3 Å². The molecule has 28 heavy (non-hydrogen) atoms. The summed E-state index contributed by atoms with van der Waals surface area (Å²) in [6.07, 6.45) is 8.62. The topological polar surface area (TPSA) is 26.3 Å². The van der Waals surface area contributed by atoms with Gasteiger partial charge in [-0.3, -0.25) is 0 Å². The van der Waals surface area contributed by atoms with Crippen molar-refractivity contribution in [1.82, 2.24) is 0 Å². The van der Waals surface area contributed by atoms with Crippen LogP contribution < -0.4 is 0 Å². The van der Waals surface area contributed by atoms with E-state index in [4.69, 9.17) is 0 Å². The van der Waals surface area contributed by atoms with E-state index in [9.17, 15) is 13.6 Å². The minimum Gasteiger partial charge on any atom is -0.465 e. The van der Waals surface area contributed by atoms with Gasteiger partial charge in [0.15, 0.2) is 0 Å². The molecule has 2 saturated carbocycles. The fraction of sp³-hybridized carbons (Fsp3) is 0.542. The number of benzene rings is 2. The van der Waals surface area contributed by atoms with Crippen molar-refractivity contribution < 1.29 is 18.3 Å². The zero-order chi connectivity index (χ0) is 19.8. The molecule has 0 aliphatic heterocycles. The molecule has 0 aromatic heterocycles. The number of esters is 1. The highest BCUT2D eigenvalue weighted by atomic mass is 19.1. The summed E-state index contributed by atoms with van der Waals surface area (Å²) in [6.45, 7) is 2.29. The van der Waals surface area contributed by atoms with Gasteiger partial charge >= 0.3 is 5.97 Å². The number of methoxy groups -OCH3 is 1. The zero-order valence-electron chi connectivity index (χ0n) is 16.6. The van der Waals surface area contributed by atoms with Crippen LogP contribution in [0, 0.1) is 29.4 Å². The maximum Gasteiger partial charge on any atom is 0.340 e. The van der Waals surface area contributed by atoms with Crippen LogP contribution in [-0.4, -0.2) is 13.1 Å². The maximum absolute atomic E-state index is 14.8. The molecule has 2 unspecified atom stereocenters. The lowest BCUT2D eigenvalue weighted by Gasteiger charge is -2.42. The monoisotopic (exact) mass is 386 g/mol. The zero-order valence-corrected chi connectivity index (χ0v) is 16.6. The first-order chi connectivity index (χ1) is 13.5. The molecule has 2 aliphatic rings. The molecule has 150 valence electrons. The summed E-state index contributed by atoms with van der Waals surface area (Å²) in [5.41, 5.74) is 0.737. The smallest absolute Gasteiger partial charge is 0.340 e. The van der Waals surface area contributed by atoms with E-state index in [0.717, 1.165) is 36.2 Å². The Labute approximate surface area is 165 Å². The van der Waals surface area contributed by atoms with Gasteiger partial charge in [0.25, 0.3) is 0 Å². The normalized spacial score (nSPS) is 27.4. The third-order valence-electron chi connectivity index (χ3n) is 7.19.